The van der Waals surface area contributed by atoms with Crippen LogP contribution >= 0.6 is 0 Å². The number of hydrogen-bond donors (Lipinski definition) is 0. The predicted molar refractivity (Wildman–Crippen MR) is 116 cm³/mol. The van der Waals surface area contributed by atoms with Crippen LogP contribution in [0.2, 0.25) is 0 Å². The Labute approximate surface area is 181 Å². The zero-order valence-electron chi connectivity index (χ0n) is 19.9. The Hall–Kier alpha value is -1.55. The molecular formula is C20H39N3O6S. The normalized spacial score (nSPS) is 18.7. The van der Waals surface area contributed by atoms with E-state index in [0.29, 0.717) is 6.54 Å². The van der Waals surface area contributed by atoms with Crippen LogP contribution in [-0.4, -0.2) is 90.9 Å². The largest absolute Gasteiger partial charge is 0.444 e. The van der Waals surface area contributed by atoms with Crippen LogP contribution in [0.25, 0.3) is 0 Å². The summed E-state index contributed by atoms with van der Waals surface area (Å²) in [5.74, 6) is 0.111. The van der Waals surface area contributed by atoms with E-state index in [1.807, 2.05) is 13.8 Å². The summed E-state index contributed by atoms with van der Waals surface area (Å²) in [6.07, 6.45) is 0.155. The number of amides is 2. The van der Waals surface area contributed by atoms with Crippen molar-refractivity contribution in [3.8, 4) is 0 Å². The highest BCUT2D eigenvalue weighted by Gasteiger charge is 2.38. The highest BCUT2D eigenvalue weighted by atomic mass is 32.2. The van der Waals surface area contributed by atoms with Crippen molar-refractivity contribution in [2.75, 3.05) is 39.0 Å². The maximum Gasteiger partial charge on any atom is 0.410 e. The van der Waals surface area contributed by atoms with E-state index >= 15 is 0 Å². The summed E-state index contributed by atoms with van der Waals surface area (Å²) in [6.45, 7) is 15.6. The van der Waals surface area contributed by atoms with Crippen molar-refractivity contribution in [2.45, 2.75) is 72.6 Å². The van der Waals surface area contributed by atoms with Gasteiger partial charge in [-0.1, -0.05) is 13.8 Å². The van der Waals surface area contributed by atoms with Crippen molar-refractivity contribution in [1.82, 2.24) is 14.1 Å². The highest BCUT2D eigenvalue weighted by Crippen LogP contribution is 2.20. The lowest BCUT2D eigenvalue weighted by Gasteiger charge is -2.43. The summed E-state index contributed by atoms with van der Waals surface area (Å²) in [4.78, 5) is 28.4. The van der Waals surface area contributed by atoms with Crippen molar-refractivity contribution in [3.05, 3.63) is 0 Å². The van der Waals surface area contributed by atoms with Gasteiger partial charge in [-0.2, -0.15) is 4.31 Å². The molecule has 0 aliphatic carbocycles. The monoisotopic (exact) mass is 449 g/mol. The fraction of sp³-hybridized carbons (Fsp3) is 0.900. The van der Waals surface area contributed by atoms with Crippen molar-refractivity contribution in [1.29, 1.82) is 0 Å². The first kappa shape index (κ1) is 26.5. The molecule has 1 heterocycles. The number of carbonyl (C=O) groups excluding carboxylic acids is 2. The molecule has 0 bridgehead atoms. The molecule has 1 aliphatic heterocycles. The Morgan fingerprint density at radius 3 is 1.93 bits per heavy atom. The first-order chi connectivity index (χ1) is 13.4. The zero-order chi connectivity index (χ0) is 23.5. The van der Waals surface area contributed by atoms with Gasteiger partial charge in [0.25, 0.3) is 0 Å². The molecule has 2 amide bonds. The summed E-state index contributed by atoms with van der Waals surface area (Å²) >= 11 is 0. The lowest BCUT2D eigenvalue weighted by Crippen LogP contribution is -2.61. The SMILES string of the molecule is CC(C)CN(CC1CN(C(=O)OC(C)(C)C)CCN1C(=O)OC(C)(C)C)S(C)(=O)=O. The summed E-state index contributed by atoms with van der Waals surface area (Å²) in [5.41, 5.74) is -1.33. The third-order valence-electron chi connectivity index (χ3n) is 4.21. The summed E-state index contributed by atoms with van der Waals surface area (Å²) in [6, 6.07) is -0.547. The second-order valence-corrected chi connectivity index (χ2v) is 12.2. The molecule has 9 nitrogen and oxygen atoms in total. The van der Waals surface area contributed by atoms with Gasteiger partial charge in [0.1, 0.15) is 11.2 Å². The van der Waals surface area contributed by atoms with E-state index in [0.717, 1.165) is 6.26 Å². The Balaban J connectivity index is 3.12. The molecule has 0 aromatic carbocycles. The molecule has 1 aliphatic rings. The minimum absolute atomic E-state index is 0.0789. The van der Waals surface area contributed by atoms with Crippen LogP contribution in [0.1, 0.15) is 55.4 Å². The standard InChI is InChI=1S/C20H39N3O6S/c1-15(2)12-22(30(9,26)27)14-16-13-21(17(24)28-19(3,4)5)10-11-23(16)18(25)29-20(6,7)8/h15-16H,10-14H2,1-9H3. The second kappa shape index (κ2) is 9.72. The minimum atomic E-state index is -3.49. The molecule has 176 valence electrons. The van der Waals surface area contributed by atoms with E-state index in [2.05, 4.69) is 0 Å². The molecule has 0 aromatic heterocycles. The maximum absolute atomic E-state index is 12.8. The summed E-state index contributed by atoms with van der Waals surface area (Å²) < 4.78 is 37.0. The Morgan fingerprint density at radius 2 is 1.50 bits per heavy atom. The van der Waals surface area contributed by atoms with E-state index in [9.17, 15) is 18.0 Å². The van der Waals surface area contributed by atoms with Gasteiger partial charge in [0.15, 0.2) is 0 Å². The van der Waals surface area contributed by atoms with Crippen molar-refractivity contribution in [3.63, 3.8) is 0 Å². The first-order valence-electron chi connectivity index (χ1n) is 10.3. The summed E-state index contributed by atoms with van der Waals surface area (Å²) in [7, 11) is -3.49. The lowest BCUT2D eigenvalue weighted by atomic mass is 10.1. The van der Waals surface area contributed by atoms with Gasteiger partial charge in [-0.3, -0.25) is 0 Å². The number of piperazine rings is 1. The lowest BCUT2D eigenvalue weighted by molar-refractivity contribution is -0.0169. The van der Waals surface area contributed by atoms with E-state index in [1.165, 1.54) is 14.1 Å². The molecule has 1 fully saturated rings. The van der Waals surface area contributed by atoms with Crippen LogP contribution in [0.15, 0.2) is 0 Å². The van der Waals surface area contributed by atoms with Gasteiger partial charge in [-0.25, -0.2) is 18.0 Å². The number of carbonyl (C=O) groups is 2. The smallest absolute Gasteiger partial charge is 0.410 e. The van der Waals surface area contributed by atoms with Crippen LogP contribution in [0.4, 0.5) is 9.59 Å². The molecule has 10 heteroatoms. The molecule has 1 unspecified atom stereocenters. The molecular weight excluding hydrogens is 410 g/mol. The molecule has 0 N–H and O–H groups in total. The quantitative estimate of drug-likeness (QED) is 0.640. The Morgan fingerprint density at radius 1 is 1.00 bits per heavy atom. The van der Waals surface area contributed by atoms with Crippen LogP contribution in [0.3, 0.4) is 0 Å². The molecule has 1 saturated heterocycles. The predicted octanol–water partition coefficient (Wildman–Crippen LogP) is 2.76. The highest BCUT2D eigenvalue weighted by molar-refractivity contribution is 7.88. The van der Waals surface area contributed by atoms with Gasteiger partial charge >= 0.3 is 12.2 Å². The van der Waals surface area contributed by atoms with Crippen LogP contribution < -0.4 is 0 Å². The average molecular weight is 450 g/mol. The maximum atomic E-state index is 12.8. The van der Waals surface area contributed by atoms with E-state index < -0.39 is 39.5 Å². The van der Waals surface area contributed by atoms with Gasteiger partial charge in [-0.15, -0.1) is 0 Å². The third-order valence-corrected chi connectivity index (χ3v) is 5.45. The second-order valence-electron chi connectivity index (χ2n) is 10.2. The third kappa shape index (κ3) is 9.07. The van der Waals surface area contributed by atoms with E-state index in [4.69, 9.17) is 9.47 Å². The Kier molecular flexibility index (Phi) is 8.58. The fourth-order valence-corrected chi connectivity index (χ4v) is 4.06. The molecule has 0 aromatic rings. The number of sulfonamides is 1. The van der Waals surface area contributed by atoms with Crippen LogP contribution in [-0.2, 0) is 19.5 Å². The number of rotatable bonds is 5. The number of hydrogen-bond acceptors (Lipinski definition) is 6. The summed E-state index contributed by atoms with van der Waals surface area (Å²) in [5, 5.41) is 0. The molecule has 1 atom stereocenters. The molecule has 0 spiro atoms. The first-order valence-corrected chi connectivity index (χ1v) is 12.2. The average Bonchev–Trinajstić information content (AvgIpc) is 2.49. The number of nitrogens with zero attached hydrogens (tertiary/aromatic N) is 3. The molecule has 30 heavy (non-hydrogen) atoms. The van der Waals surface area contributed by atoms with Crippen LogP contribution in [0.5, 0.6) is 0 Å². The van der Waals surface area contributed by atoms with Gasteiger partial charge in [-0.05, 0) is 47.5 Å². The minimum Gasteiger partial charge on any atom is -0.444 e. The Bertz CT molecular complexity index is 709. The molecule has 1 rings (SSSR count). The van der Waals surface area contributed by atoms with E-state index in [1.54, 1.807) is 41.5 Å². The van der Waals surface area contributed by atoms with Gasteiger partial charge in [0.05, 0.1) is 12.3 Å². The van der Waals surface area contributed by atoms with Crippen molar-refractivity contribution >= 4 is 22.2 Å². The van der Waals surface area contributed by atoms with Gasteiger partial charge < -0.3 is 19.3 Å². The van der Waals surface area contributed by atoms with Crippen molar-refractivity contribution < 1.29 is 27.5 Å². The topological polar surface area (TPSA) is 96.5 Å². The van der Waals surface area contributed by atoms with E-state index in [-0.39, 0.29) is 32.1 Å². The van der Waals surface area contributed by atoms with Gasteiger partial charge in [0.2, 0.25) is 10.0 Å². The number of ether oxygens (including phenoxy) is 2. The molecule has 0 radical (unpaired) electrons. The molecule has 0 saturated carbocycles. The van der Waals surface area contributed by atoms with Crippen LogP contribution in [0, 0.1) is 5.92 Å². The van der Waals surface area contributed by atoms with Gasteiger partial charge in [0, 0.05) is 32.7 Å². The zero-order valence-corrected chi connectivity index (χ0v) is 20.7. The fourth-order valence-electron chi connectivity index (χ4n) is 3.05. The van der Waals surface area contributed by atoms with Crippen molar-refractivity contribution in [2.24, 2.45) is 5.92 Å².